The third kappa shape index (κ3) is 3.43. The standard InChI is InChI=1S/C15H19BrN2O3/c1-11-5-4-7-13(14(11)18(20)21)15(19)17-10-3-2-6-12(17)8-9-16/h4-5,7,12H,2-3,6,8-10H2,1H3. The number of nitro benzene ring substituents is 1. The first-order chi connectivity index (χ1) is 10.1. The predicted octanol–water partition coefficient (Wildman–Crippen LogP) is 3.68. The first-order valence-electron chi connectivity index (χ1n) is 7.17. The van der Waals surface area contributed by atoms with Crippen molar-refractivity contribution in [2.75, 3.05) is 11.9 Å². The van der Waals surface area contributed by atoms with Crippen LogP contribution in [0.3, 0.4) is 0 Å². The lowest BCUT2D eigenvalue weighted by Gasteiger charge is -2.35. The summed E-state index contributed by atoms with van der Waals surface area (Å²) >= 11 is 3.42. The summed E-state index contributed by atoms with van der Waals surface area (Å²) < 4.78 is 0. The van der Waals surface area contributed by atoms with Crippen LogP contribution in [0.1, 0.15) is 41.6 Å². The number of hydrogen-bond acceptors (Lipinski definition) is 3. The molecule has 2 rings (SSSR count). The van der Waals surface area contributed by atoms with Gasteiger partial charge in [-0.2, -0.15) is 0 Å². The van der Waals surface area contributed by atoms with Gasteiger partial charge in [0, 0.05) is 23.5 Å². The summed E-state index contributed by atoms with van der Waals surface area (Å²) in [5.74, 6) is -0.212. The Hall–Kier alpha value is -1.43. The highest BCUT2D eigenvalue weighted by atomic mass is 79.9. The lowest BCUT2D eigenvalue weighted by atomic mass is 9.98. The third-order valence-corrected chi connectivity index (χ3v) is 4.44. The van der Waals surface area contributed by atoms with E-state index in [2.05, 4.69) is 15.9 Å². The number of piperidine rings is 1. The zero-order valence-corrected chi connectivity index (χ0v) is 13.6. The van der Waals surface area contributed by atoms with E-state index in [0.717, 1.165) is 31.0 Å². The molecular weight excluding hydrogens is 336 g/mol. The second kappa shape index (κ2) is 7.02. The number of amides is 1. The van der Waals surface area contributed by atoms with Crippen molar-refractivity contribution in [1.82, 2.24) is 4.90 Å². The Kier molecular flexibility index (Phi) is 5.33. The number of alkyl halides is 1. The number of benzene rings is 1. The minimum absolute atomic E-state index is 0.0642. The quantitative estimate of drug-likeness (QED) is 0.470. The SMILES string of the molecule is Cc1cccc(C(=O)N2CCCCC2CCBr)c1[N+](=O)[O-]. The number of likely N-dealkylation sites (tertiary alicyclic amines) is 1. The number of carbonyl (C=O) groups excluding carboxylic acids is 1. The first kappa shape index (κ1) is 15.9. The summed E-state index contributed by atoms with van der Waals surface area (Å²) in [6, 6.07) is 5.11. The monoisotopic (exact) mass is 354 g/mol. The predicted molar refractivity (Wildman–Crippen MR) is 84.9 cm³/mol. The molecule has 0 bridgehead atoms. The average Bonchev–Trinajstić information content (AvgIpc) is 2.47. The maximum atomic E-state index is 12.8. The van der Waals surface area contributed by atoms with Crippen LogP contribution in [0.4, 0.5) is 5.69 Å². The first-order valence-corrected chi connectivity index (χ1v) is 8.29. The molecule has 0 spiro atoms. The molecule has 1 unspecified atom stereocenters. The average molecular weight is 355 g/mol. The van der Waals surface area contributed by atoms with Crippen LogP contribution in [0, 0.1) is 17.0 Å². The molecule has 1 atom stereocenters. The van der Waals surface area contributed by atoms with E-state index in [1.165, 1.54) is 0 Å². The van der Waals surface area contributed by atoms with Crippen LogP contribution in [0.5, 0.6) is 0 Å². The number of hydrogen-bond donors (Lipinski definition) is 0. The van der Waals surface area contributed by atoms with E-state index < -0.39 is 4.92 Å². The molecule has 5 nitrogen and oxygen atoms in total. The summed E-state index contributed by atoms with van der Waals surface area (Å²) in [7, 11) is 0. The normalized spacial score (nSPS) is 18.6. The summed E-state index contributed by atoms with van der Waals surface area (Å²) in [6.07, 6.45) is 3.92. The van der Waals surface area contributed by atoms with Gasteiger partial charge < -0.3 is 4.90 Å². The fraction of sp³-hybridized carbons (Fsp3) is 0.533. The van der Waals surface area contributed by atoms with Crippen molar-refractivity contribution in [3.63, 3.8) is 0 Å². The minimum Gasteiger partial charge on any atom is -0.335 e. The van der Waals surface area contributed by atoms with Gasteiger partial charge in [-0.15, -0.1) is 0 Å². The number of aryl methyl sites for hydroxylation is 1. The largest absolute Gasteiger partial charge is 0.335 e. The molecule has 1 aromatic rings. The van der Waals surface area contributed by atoms with Crippen LogP contribution in [-0.2, 0) is 0 Å². The zero-order chi connectivity index (χ0) is 15.4. The highest BCUT2D eigenvalue weighted by Crippen LogP contribution is 2.28. The van der Waals surface area contributed by atoms with Crippen molar-refractivity contribution >= 4 is 27.5 Å². The second-order valence-electron chi connectivity index (χ2n) is 5.35. The third-order valence-electron chi connectivity index (χ3n) is 3.98. The maximum absolute atomic E-state index is 12.8. The molecule has 1 aliphatic rings. The van der Waals surface area contributed by atoms with Gasteiger partial charge in [-0.25, -0.2) is 0 Å². The Balaban J connectivity index is 2.34. The second-order valence-corrected chi connectivity index (χ2v) is 6.15. The van der Waals surface area contributed by atoms with Gasteiger partial charge in [0.2, 0.25) is 0 Å². The van der Waals surface area contributed by atoms with Gasteiger partial charge in [-0.1, -0.05) is 28.1 Å². The molecule has 1 saturated heterocycles. The molecule has 0 saturated carbocycles. The Morgan fingerprint density at radius 3 is 2.90 bits per heavy atom. The van der Waals surface area contributed by atoms with Gasteiger partial charge >= 0.3 is 0 Å². The summed E-state index contributed by atoms with van der Waals surface area (Å²) in [5.41, 5.74) is 0.673. The van der Waals surface area contributed by atoms with Gasteiger partial charge in [-0.05, 0) is 38.7 Å². The molecule has 1 heterocycles. The molecule has 0 aliphatic carbocycles. The lowest BCUT2D eigenvalue weighted by molar-refractivity contribution is -0.385. The number of nitro groups is 1. The van der Waals surface area contributed by atoms with E-state index >= 15 is 0 Å². The summed E-state index contributed by atoms with van der Waals surface area (Å²) in [5, 5.41) is 12.1. The van der Waals surface area contributed by atoms with Crippen LogP contribution in [0.15, 0.2) is 18.2 Å². The molecule has 1 aromatic carbocycles. The van der Waals surface area contributed by atoms with E-state index in [4.69, 9.17) is 0 Å². The Morgan fingerprint density at radius 2 is 2.24 bits per heavy atom. The number of rotatable bonds is 4. The highest BCUT2D eigenvalue weighted by molar-refractivity contribution is 9.09. The van der Waals surface area contributed by atoms with Crippen LogP contribution < -0.4 is 0 Å². The van der Waals surface area contributed by atoms with Crippen molar-refractivity contribution in [2.24, 2.45) is 0 Å². The van der Waals surface area contributed by atoms with Crippen LogP contribution in [-0.4, -0.2) is 33.6 Å². The summed E-state index contributed by atoms with van der Waals surface area (Å²) in [4.78, 5) is 25.4. The fourth-order valence-electron chi connectivity index (χ4n) is 2.92. The number of halogens is 1. The zero-order valence-electron chi connectivity index (χ0n) is 12.0. The Bertz CT molecular complexity index is 546. The number of carbonyl (C=O) groups is 1. The van der Waals surface area contributed by atoms with Crippen LogP contribution in [0.2, 0.25) is 0 Å². The smallest absolute Gasteiger partial charge is 0.285 e. The van der Waals surface area contributed by atoms with Gasteiger partial charge in [0.25, 0.3) is 11.6 Å². The van der Waals surface area contributed by atoms with E-state index in [-0.39, 0.29) is 23.2 Å². The maximum Gasteiger partial charge on any atom is 0.285 e. The Labute approximate surface area is 132 Å². The van der Waals surface area contributed by atoms with Crippen molar-refractivity contribution < 1.29 is 9.72 Å². The van der Waals surface area contributed by atoms with E-state index in [1.54, 1.807) is 25.1 Å². The van der Waals surface area contributed by atoms with E-state index in [9.17, 15) is 14.9 Å². The van der Waals surface area contributed by atoms with E-state index in [1.807, 2.05) is 4.90 Å². The van der Waals surface area contributed by atoms with Gasteiger partial charge in [-0.3, -0.25) is 14.9 Å². The molecule has 1 amide bonds. The van der Waals surface area contributed by atoms with Gasteiger partial charge in [0.05, 0.1) is 4.92 Å². The van der Waals surface area contributed by atoms with Crippen molar-refractivity contribution in [1.29, 1.82) is 0 Å². The molecule has 0 aromatic heterocycles. The molecule has 114 valence electrons. The number of nitrogens with zero attached hydrogens (tertiary/aromatic N) is 2. The molecule has 21 heavy (non-hydrogen) atoms. The van der Waals surface area contributed by atoms with Gasteiger partial charge in [0.15, 0.2) is 0 Å². The minimum atomic E-state index is -0.452. The van der Waals surface area contributed by atoms with E-state index in [0.29, 0.717) is 12.1 Å². The van der Waals surface area contributed by atoms with Crippen LogP contribution >= 0.6 is 15.9 Å². The molecule has 0 radical (unpaired) electrons. The fourth-order valence-corrected chi connectivity index (χ4v) is 3.45. The topological polar surface area (TPSA) is 63.5 Å². The number of para-hydroxylation sites is 1. The van der Waals surface area contributed by atoms with Crippen LogP contribution in [0.25, 0.3) is 0 Å². The van der Waals surface area contributed by atoms with Crippen molar-refractivity contribution in [2.45, 2.75) is 38.6 Å². The molecule has 1 aliphatic heterocycles. The molecule has 0 N–H and O–H groups in total. The highest BCUT2D eigenvalue weighted by Gasteiger charge is 2.31. The Morgan fingerprint density at radius 1 is 1.48 bits per heavy atom. The lowest BCUT2D eigenvalue weighted by Crippen LogP contribution is -2.44. The summed E-state index contributed by atoms with van der Waals surface area (Å²) in [6.45, 7) is 2.35. The molecule has 6 heteroatoms. The van der Waals surface area contributed by atoms with Crippen molar-refractivity contribution in [3.8, 4) is 0 Å². The van der Waals surface area contributed by atoms with Gasteiger partial charge in [0.1, 0.15) is 5.56 Å². The molecular formula is C15H19BrN2O3. The molecule has 1 fully saturated rings. The van der Waals surface area contributed by atoms with Crippen molar-refractivity contribution in [3.05, 3.63) is 39.4 Å².